The zero-order valence-corrected chi connectivity index (χ0v) is 34.0. The van der Waals surface area contributed by atoms with Crippen LogP contribution in [0.3, 0.4) is 0 Å². The van der Waals surface area contributed by atoms with Gasteiger partial charge in [0.15, 0.2) is 0 Å². The van der Waals surface area contributed by atoms with Gasteiger partial charge in [0, 0.05) is 18.9 Å². The number of esters is 2. The first-order chi connectivity index (χ1) is 24.2. The molecule has 0 fully saturated rings. The first kappa shape index (κ1) is 48.0. The molecule has 0 aromatic carbocycles. The Bertz CT molecular complexity index is 925. The summed E-state index contributed by atoms with van der Waals surface area (Å²) in [5.41, 5.74) is 8.40. The van der Waals surface area contributed by atoms with Gasteiger partial charge >= 0.3 is 11.9 Å². The van der Waals surface area contributed by atoms with Gasteiger partial charge in [0.2, 0.25) is 0 Å². The number of unbranched alkanes of at least 4 members (excludes halogenated alkanes) is 12. The molecule has 0 aliphatic heterocycles. The molecule has 0 heterocycles. The largest absolute Gasteiger partial charge is 0.466 e. The molecule has 0 aromatic rings. The van der Waals surface area contributed by atoms with E-state index in [0.29, 0.717) is 43.9 Å². The Morgan fingerprint density at radius 1 is 0.640 bits per heavy atom. The fraction of sp³-hybridized carbons (Fsp3) is 0.844. The van der Waals surface area contributed by atoms with Crippen molar-refractivity contribution in [1.82, 2.24) is 4.90 Å². The van der Waals surface area contributed by atoms with Crippen LogP contribution in [0.15, 0.2) is 29.8 Å². The summed E-state index contributed by atoms with van der Waals surface area (Å²) < 4.78 is 11.1. The van der Waals surface area contributed by atoms with Crippen LogP contribution >= 0.6 is 0 Å². The highest BCUT2D eigenvalue weighted by molar-refractivity contribution is 5.69. The van der Waals surface area contributed by atoms with Crippen molar-refractivity contribution in [1.29, 1.82) is 0 Å². The average molecular weight is 700 g/mol. The minimum atomic E-state index is -0.0600. The Hall–Kier alpha value is -2.02. The lowest BCUT2D eigenvalue weighted by molar-refractivity contribution is -0.145. The molecule has 50 heavy (non-hydrogen) atoms. The van der Waals surface area contributed by atoms with Crippen LogP contribution in [0, 0.1) is 17.8 Å². The van der Waals surface area contributed by atoms with E-state index < -0.39 is 0 Å². The second kappa shape index (κ2) is 35.4. The summed E-state index contributed by atoms with van der Waals surface area (Å²) in [4.78, 5) is 26.9. The first-order valence-corrected chi connectivity index (χ1v) is 21.1. The molecule has 0 N–H and O–H groups in total. The molecule has 0 saturated carbocycles. The summed E-state index contributed by atoms with van der Waals surface area (Å²) in [5.74, 6) is 1.72. The van der Waals surface area contributed by atoms with Gasteiger partial charge in [-0.3, -0.25) is 9.59 Å². The predicted molar refractivity (Wildman–Crippen MR) is 213 cm³/mol. The van der Waals surface area contributed by atoms with Crippen molar-refractivity contribution in [2.75, 3.05) is 26.8 Å². The lowest BCUT2D eigenvalue weighted by atomic mass is 9.91. The van der Waals surface area contributed by atoms with Gasteiger partial charge in [-0.1, -0.05) is 141 Å². The predicted octanol–water partition coefficient (Wildman–Crippen LogP) is 12.7. The topological polar surface area (TPSA) is 55.8 Å². The average Bonchev–Trinajstić information content (AvgIpc) is 3.09. The van der Waals surface area contributed by atoms with Gasteiger partial charge in [-0.15, -0.1) is 0 Å². The molecule has 0 aliphatic carbocycles. The monoisotopic (exact) mass is 700 g/mol. The third-order valence-electron chi connectivity index (χ3n) is 10.3. The molecule has 0 spiro atoms. The normalized spacial score (nSPS) is 13.0. The van der Waals surface area contributed by atoms with Crippen LogP contribution in [0.1, 0.15) is 195 Å². The molecular formula is C45H81NO4. The quantitative estimate of drug-likeness (QED) is 0.0374. The van der Waals surface area contributed by atoms with Crippen LogP contribution in [0.25, 0.3) is 0 Å². The molecule has 0 aliphatic rings. The van der Waals surface area contributed by atoms with Crippen molar-refractivity contribution in [2.45, 2.75) is 201 Å². The summed E-state index contributed by atoms with van der Waals surface area (Å²) in [7, 11) is 2.24. The van der Waals surface area contributed by atoms with Gasteiger partial charge in [0.1, 0.15) is 0 Å². The third kappa shape index (κ3) is 31.9. The Labute approximate surface area is 310 Å². The highest BCUT2D eigenvalue weighted by Crippen LogP contribution is 2.23. The maximum absolute atomic E-state index is 12.3. The van der Waals surface area contributed by atoms with Crippen molar-refractivity contribution < 1.29 is 19.1 Å². The molecule has 0 amide bonds. The fourth-order valence-electron chi connectivity index (χ4n) is 6.45. The SMILES string of the molecule is C=C=C=C=CC(CCCCC)CCOC(=O)CCCCCCCC(CCCCCCCC(=O)OCCC(C)CCCCC)CCN(C)C(C)C. The Kier molecular flexibility index (Phi) is 34.0. The molecule has 0 aromatic heterocycles. The van der Waals surface area contributed by atoms with Crippen molar-refractivity contribution in [3.05, 3.63) is 29.8 Å². The Balaban J connectivity index is 4.18. The number of ether oxygens (including phenoxy) is 2. The Morgan fingerprint density at radius 2 is 1.14 bits per heavy atom. The van der Waals surface area contributed by atoms with Crippen molar-refractivity contribution in [3.63, 3.8) is 0 Å². The number of allylic oxidation sites excluding steroid dienone is 1. The molecular weight excluding hydrogens is 618 g/mol. The zero-order valence-electron chi connectivity index (χ0n) is 34.0. The summed E-state index contributed by atoms with van der Waals surface area (Å²) in [6.07, 6.45) is 30.2. The van der Waals surface area contributed by atoms with Crippen LogP contribution in [0.5, 0.6) is 0 Å². The summed E-state index contributed by atoms with van der Waals surface area (Å²) in [5, 5.41) is 0. The van der Waals surface area contributed by atoms with E-state index >= 15 is 0 Å². The summed E-state index contributed by atoms with van der Waals surface area (Å²) in [6, 6.07) is 0.587. The van der Waals surface area contributed by atoms with Gasteiger partial charge < -0.3 is 14.4 Å². The van der Waals surface area contributed by atoms with E-state index in [0.717, 1.165) is 50.9 Å². The molecule has 5 heteroatoms. The van der Waals surface area contributed by atoms with Gasteiger partial charge in [-0.25, -0.2) is 0 Å². The summed E-state index contributed by atoms with van der Waals surface area (Å²) in [6.45, 7) is 17.0. The summed E-state index contributed by atoms with van der Waals surface area (Å²) >= 11 is 0. The van der Waals surface area contributed by atoms with Crippen molar-refractivity contribution in [3.8, 4) is 0 Å². The second-order valence-electron chi connectivity index (χ2n) is 15.3. The first-order valence-electron chi connectivity index (χ1n) is 21.1. The minimum Gasteiger partial charge on any atom is -0.466 e. The van der Waals surface area contributed by atoms with Crippen LogP contribution in [0.4, 0.5) is 0 Å². The van der Waals surface area contributed by atoms with E-state index in [9.17, 15) is 9.59 Å². The molecule has 3 atom stereocenters. The van der Waals surface area contributed by atoms with Crippen LogP contribution < -0.4 is 0 Å². The maximum Gasteiger partial charge on any atom is 0.305 e. The lowest BCUT2D eigenvalue weighted by Gasteiger charge is -2.24. The van der Waals surface area contributed by atoms with Gasteiger partial charge in [0.05, 0.1) is 13.2 Å². The van der Waals surface area contributed by atoms with E-state index in [1.54, 1.807) is 0 Å². The number of carbonyl (C=O) groups excluding carboxylic acids is 2. The van der Waals surface area contributed by atoms with E-state index in [2.05, 4.69) is 70.3 Å². The number of carbonyl (C=O) groups is 2. The molecule has 290 valence electrons. The van der Waals surface area contributed by atoms with E-state index in [1.165, 1.54) is 109 Å². The van der Waals surface area contributed by atoms with Crippen LogP contribution in [-0.2, 0) is 19.1 Å². The maximum atomic E-state index is 12.3. The molecule has 3 unspecified atom stereocenters. The standard InChI is InChI=1S/C45H81NO4/c1-8-11-20-27-41(6)35-38-49-44(47)32-25-18-14-16-23-30-42(34-37-46(7)40(4)5)31-24-17-15-19-26-33-45(48)50-39-36-43(28-21-12-9-2)29-22-13-10-3/h28,40-43H,2,8,10-11,13-20,22-27,29-39H2,1,3-7H3. The van der Waals surface area contributed by atoms with Gasteiger partial charge in [-0.05, 0) is 102 Å². The molecule has 0 radical (unpaired) electrons. The molecule has 0 rings (SSSR count). The zero-order chi connectivity index (χ0) is 37.1. The van der Waals surface area contributed by atoms with Crippen LogP contribution in [0.2, 0.25) is 0 Å². The lowest BCUT2D eigenvalue weighted by Crippen LogP contribution is -2.28. The number of hydrogen-bond donors (Lipinski definition) is 0. The third-order valence-corrected chi connectivity index (χ3v) is 10.3. The van der Waals surface area contributed by atoms with Crippen LogP contribution in [-0.4, -0.2) is 49.7 Å². The van der Waals surface area contributed by atoms with E-state index in [4.69, 9.17) is 9.47 Å². The number of hydrogen-bond acceptors (Lipinski definition) is 5. The van der Waals surface area contributed by atoms with Crippen molar-refractivity contribution >= 4 is 11.9 Å². The molecule has 5 nitrogen and oxygen atoms in total. The smallest absolute Gasteiger partial charge is 0.305 e. The van der Waals surface area contributed by atoms with Gasteiger partial charge in [-0.2, -0.15) is 0 Å². The highest BCUT2D eigenvalue weighted by atomic mass is 16.5. The molecule has 0 saturated heterocycles. The highest BCUT2D eigenvalue weighted by Gasteiger charge is 2.13. The van der Waals surface area contributed by atoms with Gasteiger partial charge in [0.25, 0.3) is 0 Å². The van der Waals surface area contributed by atoms with Crippen molar-refractivity contribution in [2.24, 2.45) is 17.8 Å². The second-order valence-corrected chi connectivity index (χ2v) is 15.3. The number of nitrogens with zero attached hydrogens (tertiary/aromatic N) is 1. The van der Waals surface area contributed by atoms with E-state index in [1.807, 2.05) is 6.08 Å². The number of rotatable bonds is 35. The molecule has 0 bridgehead atoms. The van der Waals surface area contributed by atoms with E-state index in [-0.39, 0.29) is 11.9 Å². The minimum absolute atomic E-state index is 0.0126. The Morgan fingerprint density at radius 3 is 1.68 bits per heavy atom. The fourth-order valence-corrected chi connectivity index (χ4v) is 6.45.